The fraction of sp³-hybridized carbons (Fsp3) is 0.500. The summed E-state index contributed by atoms with van der Waals surface area (Å²) in [6, 6.07) is 8.03. The van der Waals surface area contributed by atoms with Crippen LogP contribution in [0.2, 0.25) is 0 Å². The lowest BCUT2D eigenvalue weighted by Crippen LogP contribution is -2.35. The maximum atomic E-state index is 12.1. The van der Waals surface area contributed by atoms with Gasteiger partial charge in [0.05, 0.1) is 5.92 Å². The Morgan fingerprint density at radius 3 is 2.50 bits per heavy atom. The Kier molecular flexibility index (Phi) is 4.77. The predicted molar refractivity (Wildman–Crippen MR) is 76.1 cm³/mol. The molecule has 2 rings (SSSR count). The number of carboxylic acids is 1. The van der Waals surface area contributed by atoms with E-state index in [1.807, 2.05) is 31.2 Å². The number of hydrogen-bond acceptors (Lipinski definition) is 2. The number of benzene rings is 1. The van der Waals surface area contributed by atoms with E-state index in [1.54, 1.807) is 0 Å². The summed E-state index contributed by atoms with van der Waals surface area (Å²) in [5.74, 6) is -1.31. The molecule has 1 saturated carbocycles. The van der Waals surface area contributed by atoms with Crippen molar-refractivity contribution in [2.24, 2.45) is 11.8 Å². The van der Waals surface area contributed by atoms with Crippen molar-refractivity contribution < 1.29 is 14.7 Å². The average Bonchev–Trinajstić information content (AvgIpc) is 2.46. The number of nitrogens with one attached hydrogen (secondary N) is 1. The van der Waals surface area contributed by atoms with Gasteiger partial charge in [0.25, 0.3) is 0 Å². The molecule has 0 radical (unpaired) electrons. The van der Waals surface area contributed by atoms with E-state index in [2.05, 4.69) is 5.32 Å². The van der Waals surface area contributed by atoms with E-state index >= 15 is 0 Å². The van der Waals surface area contributed by atoms with Gasteiger partial charge in [-0.15, -0.1) is 0 Å². The third-order valence-electron chi connectivity index (χ3n) is 3.98. The van der Waals surface area contributed by atoms with Gasteiger partial charge in [0.2, 0.25) is 5.91 Å². The molecule has 2 N–H and O–H groups in total. The van der Waals surface area contributed by atoms with E-state index in [-0.39, 0.29) is 17.7 Å². The van der Waals surface area contributed by atoms with E-state index in [0.29, 0.717) is 19.4 Å². The molecule has 0 aromatic heterocycles. The number of aliphatic carboxylic acids is 1. The molecule has 1 fully saturated rings. The number of carboxylic acid groups (broad SMARTS) is 1. The lowest BCUT2D eigenvalue weighted by Gasteiger charge is -2.25. The van der Waals surface area contributed by atoms with E-state index in [0.717, 1.165) is 18.4 Å². The molecule has 1 aliphatic rings. The minimum atomic E-state index is -0.777. The van der Waals surface area contributed by atoms with Crippen molar-refractivity contribution >= 4 is 11.9 Å². The van der Waals surface area contributed by atoms with E-state index in [9.17, 15) is 9.59 Å². The molecule has 0 aliphatic heterocycles. The summed E-state index contributed by atoms with van der Waals surface area (Å²) in [5, 5.41) is 12.0. The van der Waals surface area contributed by atoms with Crippen molar-refractivity contribution in [3.8, 4) is 0 Å². The van der Waals surface area contributed by atoms with Crippen molar-refractivity contribution in [2.45, 2.75) is 39.2 Å². The Bertz CT molecular complexity index is 481. The Balaban J connectivity index is 1.85. The highest BCUT2D eigenvalue weighted by molar-refractivity contribution is 5.80. The first-order valence-corrected chi connectivity index (χ1v) is 7.12. The third kappa shape index (κ3) is 3.83. The van der Waals surface area contributed by atoms with Crippen LogP contribution in [-0.2, 0) is 16.1 Å². The highest BCUT2D eigenvalue weighted by Gasteiger charge is 2.30. The van der Waals surface area contributed by atoms with Gasteiger partial charge in [-0.2, -0.15) is 0 Å². The van der Waals surface area contributed by atoms with E-state index in [4.69, 9.17) is 5.11 Å². The zero-order valence-corrected chi connectivity index (χ0v) is 11.8. The van der Waals surface area contributed by atoms with Gasteiger partial charge in [0.1, 0.15) is 0 Å². The smallest absolute Gasteiger partial charge is 0.306 e. The number of rotatable bonds is 4. The van der Waals surface area contributed by atoms with Gasteiger partial charge in [-0.05, 0) is 31.7 Å². The van der Waals surface area contributed by atoms with Crippen LogP contribution in [-0.4, -0.2) is 17.0 Å². The van der Waals surface area contributed by atoms with Crippen molar-refractivity contribution in [3.63, 3.8) is 0 Å². The standard InChI is InChI=1S/C16H21NO3/c1-11-5-7-12(8-6-11)10-17-15(18)13-3-2-4-14(9-13)16(19)20/h5-8,13-14H,2-4,9-10H2,1H3,(H,17,18)(H,19,20)/t13-,14-/m1/s1. The summed E-state index contributed by atoms with van der Waals surface area (Å²) in [6.07, 6.45) is 2.77. The van der Waals surface area contributed by atoms with Crippen LogP contribution in [0.15, 0.2) is 24.3 Å². The summed E-state index contributed by atoms with van der Waals surface area (Å²) in [7, 11) is 0. The molecule has 20 heavy (non-hydrogen) atoms. The first-order valence-electron chi connectivity index (χ1n) is 7.12. The Hall–Kier alpha value is -1.84. The first-order chi connectivity index (χ1) is 9.56. The van der Waals surface area contributed by atoms with Gasteiger partial charge in [-0.25, -0.2) is 0 Å². The number of carbonyl (C=O) groups excluding carboxylic acids is 1. The molecule has 4 heteroatoms. The molecule has 1 amide bonds. The lowest BCUT2D eigenvalue weighted by molar-refractivity contribution is -0.144. The van der Waals surface area contributed by atoms with E-state index < -0.39 is 5.97 Å². The van der Waals surface area contributed by atoms with Gasteiger partial charge < -0.3 is 10.4 Å². The van der Waals surface area contributed by atoms with Gasteiger partial charge in [0.15, 0.2) is 0 Å². The molecular formula is C16H21NO3. The number of hydrogen-bond donors (Lipinski definition) is 2. The number of aryl methyl sites for hydroxylation is 1. The van der Waals surface area contributed by atoms with Crippen LogP contribution in [0.4, 0.5) is 0 Å². The van der Waals surface area contributed by atoms with Gasteiger partial charge in [0, 0.05) is 12.5 Å². The zero-order valence-electron chi connectivity index (χ0n) is 11.8. The van der Waals surface area contributed by atoms with Gasteiger partial charge >= 0.3 is 5.97 Å². The number of carbonyl (C=O) groups is 2. The molecule has 0 bridgehead atoms. The molecule has 1 aromatic rings. The SMILES string of the molecule is Cc1ccc(CNC(=O)[C@@H]2CCC[C@@H](C(=O)O)C2)cc1. The van der Waals surface area contributed by atoms with Crippen LogP contribution in [0.5, 0.6) is 0 Å². The van der Waals surface area contributed by atoms with Crippen LogP contribution >= 0.6 is 0 Å². The monoisotopic (exact) mass is 275 g/mol. The summed E-state index contributed by atoms with van der Waals surface area (Å²) >= 11 is 0. The Morgan fingerprint density at radius 2 is 1.85 bits per heavy atom. The fourth-order valence-corrected chi connectivity index (χ4v) is 2.69. The third-order valence-corrected chi connectivity index (χ3v) is 3.98. The topological polar surface area (TPSA) is 66.4 Å². The average molecular weight is 275 g/mol. The highest BCUT2D eigenvalue weighted by Crippen LogP contribution is 2.29. The minimum Gasteiger partial charge on any atom is -0.481 e. The van der Waals surface area contributed by atoms with Crippen molar-refractivity contribution in [1.29, 1.82) is 0 Å². The Labute approximate surface area is 119 Å². The molecule has 1 aliphatic carbocycles. The minimum absolute atomic E-state index is 0.0171. The molecule has 1 aromatic carbocycles. The normalized spacial score (nSPS) is 22.2. The fourth-order valence-electron chi connectivity index (χ4n) is 2.69. The van der Waals surface area contributed by atoms with Gasteiger partial charge in [-0.3, -0.25) is 9.59 Å². The molecule has 108 valence electrons. The summed E-state index contributed by atoms with van der Waals surface area (Å²) < 4.78 is 0. The Morgan fingerprint density at radius 1 is 1.20 bits per heavy atom. The second kappa shape index (κ2) is 6.55. The number of amides is 1. The van der Waals surface area contributed by atoms with Crippen molar-refractivity contribution in [2.75, 3.05) is 0 Å². The molecule has 0 saturated heterocycles. The summed E-state index contributed by atoms with van der Waals surface area (Å²) in [6.45, 7) is 2.53. The second-order valence-electron chi connectivity index (χ2n) is 5.60. The quantitative estimate of drug-likeness (QED) is 0.887. The molecule has 0 spiro atoms. The zero-order chi connectivity index (χ0) is 14.5. The van der Waals surface area contributed by atoms with Crippen LogP contribution in [0, 0.1) is 18.8 Å². The molecular weight excluding hydrogens is 254 g/mol. The van der Waals surface area contributed by atoms with Crippen molar-refractivity contribution in [3.05, 3.63) is 35.4 Å². The molecule has 4 nitrogen and oxygen atoms in total. The second-order valence-corrected chi connectivity index (χ2v) is 5.60. The maximum absolute atomic E-state index is 12.1. The van der Waals surface area contributed by atoms with Crippen LogP contribution < -0.4 is 5.32 Å². The van der Waals surface area contributed by atoms with Crippen LogP contribution in [0.1, 0.15) is 36.8 Å². The molecule has 2 atom stereocenters. The first kappa shape index (κ1) is 14.6. The largest absolute Gasteiger partial charge is 0.481 e. The molecule has 0 unspecified atom stereocenters. The predicted octanol–water partition coefficient (Wildman–Crippen LogP) is 2.50. The van der Waals surface area contributed by atoms with Crippen LogP contribution in [0.3, 0.4) is 0 Å². The summed E-state index contributed by atoms with van der Waals surface area (Å²) in [4.78, 5) is 23.1. The van der Waals surface area contributed by atoms with Gasteiger partial charge in [-0.1, -0.05) is 36.2 Å². The van der Waals surface area contributed by atoms with Crippen molar-refractivity contribution in [1.82, 2.24) is 5.32 Å². The van der Waals surface area contributed by atoms with Crippen LogP contribution in [0.25, 0.3) is 0 Å². The lowest BCUT2D eigenvalue weighted by atomic mass is 9.81. The highest BCUT2D eigenvalue weighted by atomic mass is 16.4. The maximum Gasteiger partial charge on any atom is 0.306 e. The molecule has 0 heterocycles. The van der Waals surface area contributed by atoms with E-state index in [1.165, 1.54) is 5.56 Å². The summed E-state index contributed by atoms with van der Waals surface area (Å²) in [5.41, 5.74) is 2.26.